The van der Waals surface area contributed by atoms with Crippen molar-refractivity contribution in [2.45, 2.75) is 19.1 Å². The maximum atomic E-state index is 6.05. The zero-order valence-electron chi connectivity index (χ0n) is 15.8. The van der Waals surface area contributed by atoms with Crippen LogP contribution in [0, 0.1) is 0 Å². The first-order valence-corrected chi connectivity index (χ1v) is 9.26. The fourth-order valence-corrected chi connectivity index (χ4v) is 3.29. The Kier molecular flexibility index (Phi) is 5.15. The van der Waals surface area contributed by atoms with Gasteiger partial charge in [0.2, 0.25) is 0 Å². The van der Waals surface area contributed by atoms with Crippen LogP contribution in [0.15, 0.2) is 84.0 Å². The molecule has 0 bridgehead atoms. The number of anilines is 1. The molecule has 0 aliphatic carbocycles. The van der Waals surface area contributed by atoms with E-state index in [1.165, 1.54) is 0 Å². The van der Waals surface area contributed by atoms with E-state index in [1.54, 1.807) is 7.11 Å². The highest BCUT2D eigenvalue weighted by molar-refractivity contribution is 5.85. The third kappa shape index (κ3) is 3.93. The topological polar surface area (TPSA) is 60.1 Å². The van der Waals surface area contributed by atoms with Crippen molar-refractivity contribution in [1.29, 1.82) is 0 Å². The second kappa shape index (κ2) is 8.05. The van der Waals surface area contributed by atoms with Gasteiger partial charge in [0.25, 0.3) is 0 Å². The Morgan fingerprint density at radius 3 is 2.29 bits per heavy atom. The van der Waals surface area contributed by atoms with E-state index in [4.69, 9.17) is 15.2 Å². The minimum atomic E-state index is 0.0663. The van der Waals surface area contributed by atoms with Crippen molar-refractivity contribution < 1.29 is 9.47 Å². The van der Waals surface area contributed by atoms with Gasteiger partial charge >= 0.3 is 0 Å². The number of benzene rings is 3. The Morgan fingerprint density at radius 1 is 0.929 bits per heavy atom. The average Bonchev–Trinajstić information content (AvgIpc) is 3.15. The molecule has 1 heterocycles. The molecular weight excluding hydrogens is 350 g/mol. The molecule has 0 fully saturated rings. The summed E-state index contributed by atoms with van der Waals surface area (Å²) in [6.45, 7) is 0.553. The van der Waals surface area contributed by atoms with Gasteiger partial charge in [0, 0.05) is 6.42 Å². The van der Waals surface area contributed by atoms with Crippen LogP contribution in [0.3, 0.4) is 0 Å². The first-order chi connectivity index (χ1) is 13.7. The number of hydrazone groups is 1. The minimum Gasteiger partial charge on any atom is -0.497 e. The quantitative estimate of drug-likeness (QED) is 0.691. The van der Waals surface area contributed by atoms with E-state index < -0.39 is 0 Å². The maximum absolute atomic E-state index is 6.05. The summed E-state index contributed by atoms with van der Waals surface area (Å²) in [5, 5.41) is 6.49. The smallest absolute Gasteiger partial charge is 0.122 e. The lowest BCUT2D eigenvalue weighted by Gasteiger charge is -2.24. The Morgan fingerprint density at radius 2 is 1.61 bits per heavy atom. The van der Waals surface area contributed by atoms with Crippen molar-refractivity contribution in [3.63, 3.8) is 0 Å². The second-order valence-electron chi connectivity index (χ2n) is 6.70. The van der Waals surface area contributed by atoms with E-state index in [0.717, 1.165) is 28.3 Å². The van der Waals surface area contributed by atoms with Crippen LogP contribution in [0.4, 0.5) is 5.69 Å². The lowest BCUT2D eigenvalue weighted by Crippen LogP contribution is -2.18. The van der Waals surface area contributed by atoms with E-state index in [9.17, 15) is 0 Å². The first kappa shape index (κ1) is 17.9. The fourth-order valence-electron chi connectivity index (χ4n) is 3.29. The number of hydrogen-bond donors (Lipinski definition) is 1. The maximum Gasteiger partial charge on any atom is 0.122 e. The number of hydrogen-bond acceptors (Lipinski definition) is 5. The SMILES string of the molecule is COc1ccc(N2N=C(N)CC2c2ccc(OCc3ccccc3)cc2)cc1. The Hall–Kier alpha value is -3.47. The predicted molar refractivity (Wildman–Crippen MR) is 112 cm³/mol. The first-order valence-electron chi connectivity index (χ1n) is 9.26. The zero-order valence-corrected chi connectivity index (χ0v) is 15.8. The van der Waals surface area contributed by atoms with Crippen molar-refractivity contribution in [2.24, 2.45) is 10.8 Å². The van der Waals surface area contributed by atoms with Gasteiger partial charge in [-0.3, -0.25) is 5.01 Å². The molecule has 4 rings (SSSR count). The van der Waals surface area contributed by atoms with Gasteiger partial charge < -0.3 is 15.2 Å². The van der Waals surface area contributed by atoms with Crippen molar-refractivity contribution in [1.82, 2.24) is 0 Å². The lowest BCUT2D eigenvalue weighted by molar-refractivity contribution is 0.306. The Bertz CT molecular complexity index is 938. The summed E-state index contributed by atoms with van der Waals surface area (Å²) in [5.74, 6) is 2.29. The van der Waals surface area contributed by atoms with Crippen LogP contribution in [0.25, 0.3) is 0 Å². The Balaban J connectivity index is 1.47. The van der Waals surface area contributed by atoms with E-state index in [0.29, 0.717) is 18.9 Å². The number of methoxy groups -OCH3 is 1. The van der Waals surface area contributed by atoms with Gasteiger partial charge in [-0.2, -0.15) is 5.10 Å². The molecule has 5 heteroatoms. The van der Waals surface area contributed by atoms with Crippen LogP contribution in [0.1, 0.15) is 23.6 Å². The molecule has 0 saturated carbocycles. The van der Waals surface area contributed by atoms with Crippen LogP contribution in [0.2, 0.25) is 0 Å². The van der Waals surface area contributed by atoms with Gasteiger partial charge in [-0.25, -0.2) is 0 Å². The highest BCUT2D eigenvalue weighted by atomic mass is 16.5. The molecule has 0 amide bonds. The number of nitrogens with two attached hydrogens (primary N) is 1. The van der Waals surface area contributed by atoms with Crippen LogP contribution < -0.4 is 20.2 Å². The number of ether oxygens (including phenoxy) is 2. The summed E-state index contributed by atoms with van der Waals surface area (Å²) in [4.78, 5) is 0. The third-order valence-corrected chi connectivity index (χ3v) is 4.78. The summed E-state index contributed by atoms with van der Waals surface area (Å²) in [7, 11) is 1.66. The van der Waals surface area contributed by atoms with Crippen molar-refractivity contribution in [3.05, 3.63) is 90.0 Å². The van der Waals surface area contributed by atoms with Gasteiger partial charge in [0.05, 0.1) is 18.8 Å². The average molecular weight is 373 g/mol. The number of nitrogens with zero attached hydrogens (tertiary/aromatic N) is 2. The molecule has 142 valence electrons. The highest BCUT2D eigenvalue weighted by Gasteiger charge is 2.28. The molecule has 1 unspecified atom stereocenters. The molecule has 1 atom stereocenters. The van der Waals surface area contributed by atoms with E-state index in [1.807, 2.05) is 59.6 Å². The molecule has 0 saturated heterocycles. The third-order valence-electron chi connectivity index (χ3n) is 4.78. The molecule has 5 nitrogen and oxygen atoms in total. The standard InChI is InChI=1S/C23H23N3O2/c1-27-20-13-9-19(10-14-20)26-22(15-23(24)25-26)18-7-11-21(12-8-18)28-16-17-5-3-2-4-6-17/h2-14,22H,15-16H2,1H3,(H2,24,25). The fraction of sp³-hybridized carbons (Fsp3) is 0.174. The predicted octanol–water partition coefficient (Wildman–Crippen LogP) is 4.50. The van der Waals surface area contributed by atoms with Crippen molar-refractivity contribution in [3.8, 4) is 11.5 Å². The van der Waals surface area contributed by atoms with Crippen LogP contribution in [-0.4, -0.2) is 12.9 Å². The zero-order chi connectivity index (χ0) is 19.3. The van der Waals surface area contributed by atoms with Gasteiger partial charge in [0.1, 0.15) is 23.9 Å². The van der Waals surface area contributed by atoms with Crippen LogP contribution >= 0.6 is 0 Å². The molecule has 3 aromatic rings. The minimum absolute atomic E-state index is 0.0663. The van der Waals surface area contributed by atoms with Crippen LogP contribution in [0.5, 0.6) is 11.5 Å². The molecular formula is C23H23N3O2. The van der Waals surface area contributed by atoms with E-state index >= 15 is 0 Å². The summed E-state index contributed by atoms with van der Waals surface area (Å²) < 4.78 is 11.1. The van der Waals surface area contributed by atoms with Crippen LogP contribution in [-0.2, 0) is 6.61 Å². The molecule has 1 aliphatic rings. The molecule has 0 radical (unpaired) electrons. The van der Waals surface area contributed by atoms with Gasteiger partial charge in [-0.05, 0) is 47.5 Å². The van der Waals surface area contributed by atoms with E-state index in [-0.39, 0.29) is 6.04 Å². The summed E-state index contributed by atoms with van der Waals surface area (Å²) >= 11 is 0. The molecule has 0 spiro atoms. The normalized spacial score (nSPS) is 16.0. The summed E-state index contributed by atoms with van der Waals surface area (Å²) in [6, 6.07) is 26.2. The summed E-state index contributed by atoms with van der Waals surface area (Å²) in [5.41, 5.74) is 9.32. The number of rotatable bonds is 6. The Labute approximate surface area is 165 Å². The monoisotopic (exact) mass is 373 g/mol. The highest BCUT2D eigenvalue weighted by Crippen LogP contribution is 2.35. The molecule has 0 aromatic heterocycles. The van der Waals surface area contributed by atoms with E-state index in [2.05, 4.69) is 29.4 Å². The molecule has 2 N–H and O–H groups in total. The largest absolute Gasteiger partial charge is 0.497 e. The second-order valence-corrected chi connectivity index (χ2v) is 6.70. The van der Waals surface area contributed by atoms with Gasteiger partial charge in [0.15, 0.2) is 0 Å². The lowest BCUT2D eigenvalue weighted by atomic mass is 10.0. The van der Waals surface area contributed by atoms with Gasteiger partial charge in [-0.15, -0.1) is 0 Å². The van der Waals surface area contributed by atoms with Crippen molar-refractivity contribution in [2.75, 3.05) is 12.1 Å². The number of amidine groups is 1. The van der Waals surface area contributed by atoms with Gasteiger partial charge in [-0.1, -0.05) is 42.5 Å². The summed E-state index contributed by atoms with van der Waals surface area (Å²) in [6.07, 6.45) is 0.691. The molecule has 28 heavy (non-hydrogen) atoms. The van der Waals surface area contributed by atoms with Crippen molar-refractivity contribution >= 4 is 11.5 Å². The molecule has 3 aromatic carbocycles. The molecule has 1 aliphatic heterocycles.